The zero-order chi connectivity index (χ0) is 13.2. The van der Waals surface area contributed by atoms with Crippen LogP contribution in [0.4, 0.5) is 4.79 Å². The molecule has 0 aromatic heterocycles. The highest BCUT2D eigenvalue weighted by Gasteiger charge is 2.02. The monoisotopic (exact) mass is 250 g/mol. The van der Waals surface area contributed by atoms with E-state index in [9.17, 15) is 9.59 Å². The maximum atomic E-state index is 11.3. The molecule has 0 heterocycles. The Labute approximate surface area is 107 Å². The Kier molecular flexibility index (Phi) is 6.50. The van der Waals surface area contributed by atoms with Crippen molar-refractivity contribution in [3.8, 4) is 0 Å². The molecule has 0 aliphatic rings. The summed E-state index contributed by atoms with van der Waals surface area (Å²) in [4.78, 5) is 21.6. The quantitative estimate of drug-likeness (QED) is 0.561. The van der Waals surface area contributed by atoms with E-state index in [-0.39, 0.29) is 12.6 Å². The Balaban J connectivity index is 2.09. The van der Waals surface area contributed by atoms with Crippen molar-refractivity contribution in [2.75, 3.05) is 13.1 Å². The predicted octanol–water partition coefficient (Wildman–Crippen LogP) is 1.09. The first-order chi connectivity index (χ1) is 8.72. The summed E-state index contributed by atoms with van der Waals surface area (Å²) in [5, 5.41) is 5.52. The lowest BCUT2D eigenvalue weighted by Gasteiger charge is -2.09. The van der Waals surface area contributed by atoms with E-state index in [2.05, 4.69) is 10.6 Å². The molecule has 1 aromatic rings. The number of hydrogen-bond donors (Lipinski definition) is 2. The van der Waals surface area contributed by atoms with Crippen molar-refractivity contribution in [2.24, 2.45) is 0 Å². The van der Waals surface area contributed by atoms with Crippen LogP contribution in [-0.4, -0.2) is 31.5 Å². The van der Waals surface area contributed by atoms with Crippen LogP contribution in [0, 0.1) is 0 Å². The molecule has 0 aliphatic carbocycles. The lowest BCUT2D eigenvalue weighted by Crippen LogP contribution is -2.36. The van der Waals surface area contributed by atoms with Gasteiger partial charge in [-0.15, -0.1) is 0 Å². The molecule has 0 spiro atoms. The van der Waals surface area contributed by atoms with Gasteiger partial charge in [0.2, 0.25) is 0 Å². The van der Waals surface area contributed by atoms with E-state index in [1.54, 1.807) is 6.92 Å². The molecule has 1 rings (SSSR count). The van der Waals surface area contributed by atoms with Crippen LogP contribution in [0.25, 0.3) is 0 Å². The van der Waals surface area contributed by atoms with Crippen molar-refractivity contribution in [1.82, 2.24) is 10.6 Å². The van der Waals surface area contributed by atoms with Gasteiger partial charge in [0.15, 0.2) is 0 Å². The fraction of sp³-hybridized carbons (Fsp3) is 0.385. The number of aldehydes is 1. The second-order valence-electron chi connectivity index (χ2n) is 3.87. The Hall–Kier alpha value is -1.88. The molecule has 98 valence electrons. The summed E-state index contributed by atoms with van der Waals surface area (Å²) in [6, 6.07) is 9.26. The Morgan fingerprint density at radius 2 is 2.06 bits per heavy atom. The van der Waals surface area contributed by atoms with Crippen LogP contribution in [-0.2, 0) is 16.1 Å². The van der Waals surface area contributed by atoms with Crippen molar-refractivity contribution in [3.63, 3.8) is 0 Å². The summed E-state index contributed by atoms with van der Waals surface area (Å²) in [5.41, 5.74) is 0.945. The van der Waals surface area contributed by atoms with E-state index >= 15 is 0 Å². The molecule has 0 bridgehead atoms. The van der Waals surface area contributed by atoms with Crippen LogP contribution in [0.1, 0.15) is 12.5 Å². The molecule has 18 heavy (non-hydrogen) atoms. The number of alkyl carbamates (subject to hydrolysis) is 1. The van der Waals surface area contributed by atoms with Gasteiger partial charge in [0, 0.05) is 13.1 Å². The fourth-order valence-electron chi connectivity index (χ4n) is 1.29. The number of rotatable bonds is 7. The molecule has 1 unspecified atom stereocenters. The van der Waals surface area contributed by atoms with Gasteiger partial charge in [0.05, 0.1) is 6.04 Å². The molecule has 0 aliphatic heterocycles. The van der Waals surface area contributed by atoms with Gasteiger partial charge in [-0.05, 0) is 12.5 Å². The predicted molar refractivity (Wildman–Crippen MR) is 68.2 cm³/mol. The lowest BCUT2D eigenvalue weighted by atomic mass is 10.2. The summed E-state index contributed by atoms with van der Waals surface area (Å²) in [5.74, 6) is 0. The molecule has 1 aromatic carbocycles. The summed E-state index contributed by atoms with van der Waals surface area (Å²) < 4.78 is 5.01. The summed E-state index contributed by atoms with van der Waals surface area (Å²) >= 11 is 0. The Morgan fingerprint density at radius 1 is 1.33 bits per heavy atom. The first kappa shape index (κ1) is 14.2. The second kappa shape index (κ2) is 8.25. The van der Waals surface area contributed by atoms with Gasteiger partial charge in [0.1, 0.15) is 12.9 Å². The minimum absolute atomic E-state index is 0.202. The van der Waals surface area contributed by atoms with Crippen LogP contribution >= 0.6 is 0 Å². The van der Waals surface area contributed by atoms with Gasteiger partial charge in [-0.1, -0.05) is 30.3 Å². The van der Waals surface area contributed by atoms with Crippen LogP contribution in [0.3, 0.4) is 0 Å². The Bertz CT molecular complexity index is 368. The topological polar surface area (TPSA) is 67.4 Å². The molecular weight excluding hydrogens is 232 g/mol. The van der Waals surface area contributed by atoms with Gasteiger partial charge in [-0.2, -0.15) is 0 Å². The van der Waals surface area contributed by atoms with E-state index < -0.39 is 6.09 Å². The second-order valence-corrected chi connectivity index (χ2v) is 3.87. The zero-order valence-corrected chi connectivity index (χ0v) is 10.4. The van der Waals surface area contributed by atoms with Crippen molar-refractivity contribution in [1.29, 1.82) is 0 Å². The number of benzene rings is 1. The zero-order valence-electron chi connectivity index (χ0n) is 10.4. The van der Waals surface area contributed by atoms with E-state index in [0.717, 1.165) is 11.8 Å². The van der Waals surface area contributed by atoms with Crippen molar-refractivity contribution < 1.29 is 14.3 Å². The average Bonchev–Trinajstić information content (AvgIpc) is 2.42. The highest BCUT2D eigenvalue weighted by atomic mass is 16.5. The number of hydrogen-bond acceptors (Lipinski definition) is 4. The van der Waals surface area contributed by atoms with Crippen LogP contribution in [0.2, 0.25) is 0 Å². The molecular formula is C13H18N2O3. The summed E-state index contributed by atoms with van der Waals surface area (Å²) in [6.45, 7) is 2.96. The Morgan fingerprint density at radius 3 is 2.72 bits per heavy atom. The summed E-state index contributed by atoms with van der Waals surface area (Å²) in [7, 11) is 0. The van der Waals surface area contributed by atoms with Crippen LogP contribution in [0.5, 0.6) is 0 Å². The first-order valence-corrected chi connectivity index (χ1v) is 5.85. The van der Waals surface area contributed by atoms with Crippen LogP contribution < -0.4 is 10.6 Å². The molecule has 1 atom stereocenters. The number of carbonyl (C=O) groups is 2. The number of amides is 1. The molecule has 2 N–H and O–H groups in total. The highest BCUT2D eigenvalue weighted by Crippen LogP contribution is 2.00. The molecule has 0 saturated carbocycles. The van der Waals surface area contributed by atoms with Gasteiger partial charge in [0.25, 0.3) is 0 Å². The van der Waals surface area contributed by atoms with Gasteiger partial charge in [-0.25, -0.2) is 4.79 Å². The number of ether oxygens (including phenoxy) is 1. The third-order valence-corrected chi connectivity index (χ3v) is 2.28. The maximum absolute atomic E-state index is 11.3. The van der Waals surface area contributed by atoms with Crippen molar-refractivity contribution in [2.45, 2.75) is 19.6 Å². The third-order valence-electron chi connectivity index (χ3n) is 2.28. The van der Waals surface area contributed by atoms with Gasteiger partial charge >= 0.3 is 6.09 Å². The largest absolute Gasteiger partial charge is 0.445 e. The van der Waals surface area contributed by atoms with E-state index in [0.29, 0.717) is 13.1 Å². The highest BCUT2D eigenvalue weighted by molar-refractivity contribution is 5.67. The number of carbonyl (C=O) groups excluding carboxylic acids is 2. The van der Waals surface area contributed by atoms with Crippen molar-refractivity contribution >= 4 is 12.4 Å². The van der Waals surface area contributed by atoms with E-state index in [4.69, 9.17) is 4.74 Å². The summed E-state index contributed by atoms with van der Waals surface area (Å²) in [6.07, 6.45) is 0.354. The number of nitrogens with one attached hydrogen (secondary N) is 2. The minimum atomic E-state index is -0.459. The maximum Gasteiger partial charge on any atom is 0.407 e. The first-order valence-electron chi connectivity index (χ1n) is 5.85. The normalized spacial score (nSPS) is 11.6. The van der Waals surface area contributed by atoms with Crippen LogP contribution in [0.15, 0.2) is 30.3 Å². The third kappa shape index (κ3) is 6.00. The SMILES string of the molecule is CC(C=O)NCCNC(=O)OCc1ccccc1. The average molecular weight is 250 g/mol. The standard InChI is InChI=1S/C13H18N2O3/c1-11(9-16)14-7-8-15-13(17)18-10-12-5-3-2-4-6-12/h2-6,9,11,14H,7-8,10H2,1H3,(H,15,17). The van der Waals surface area contributed by atoms with Gasteiger partial charge in [-0.3, -0.25) is 0 Å². The molecule has 5 nitrogen and oxygen atoms in total. The molecule has 0 saturated heterocycles. The lowest BCUT2D eigenvalue weighted by molar-refractivity contribution is -0.109. The van der Waals surface area contributed by atoms with Gasteiger partial charge < -0.3 is 20.2 Å². The molecule has 1 amide bonds. The van der Waals surface area contributed by atoms with E-state index in [1.807, 2.05) is 30.3 Å². The van der Waals surface area contributed by atoms with Crippen molar-refractivity contribution in [3.05, 3.63) is 35.9 Å². The smallest absolute Gasteiger partial charge is 0.407 e. The van der Waals surface area contributed by atoms with E-state index in [1.165, 1.54) is 0 Å². The molecule has 0 radical (unpaired) electrons. The molecule has 5 heteroatoms. The fourth-order valence-corrected chi connectivity index (χ4v) is 1.29. The minimum Gasteiger partial charge on any atom is -0.445 e. The molecule has 0 fully saturated rings.